The van der Waals surface area contributed by atoms with E-state index >= 15 is 0 Å². The van der Waals surface area contributed by atoms with Gasteiger partial charge in [-0.2, -0.15) is 0 Å². The van der Waals surface area contributed by atoms with Gasteiger partial charge >= 0.3 is 0 Å². The predicted molar refractivity (Wildman–Crippen MR) is 44.6 cm³/mol. The summed E-state index contributed by atoms with van der Waals surface area (Å²) in [5, 5.41) is 0. The molecule has 1 heterocycles. The molecule has 0 unspecified atom stereocenters. The molecule has 0 atom stereocenters. The molecular weight excluding hydrogens is 154 g/mol. The zero-order valence-corrected chi connectivity index (χ0v) is 6.33. The Labute approximate surface area is 69.4 Å². The molecule has 0 spiro atoms. The number of aldehydes is 1. The molecule has 0 fully saturated rings. The fourth-order valence-corrected chi connectivity index (χ4v) is 0.706. The van der Waals surface area contributed by atoms with Gasteiger partial charge in [-0.05, 0) is 5.92 Å². The van der Waals surface area contributed by atoms with Crippen LogP contribution in [0.5, 0.6) is 0 Å². The van der Waals surface area contributed by atoms with Crippen molar-refractivity contribution in [3.8, 4) is 11.8 Å². The number of hydrogen-bond acceptors (Lipinski definition) is 2. The zero-order chi connectivity index (χ0) is 8.81. The normalized spacial score (nSPS) is 8.33. The van der Waals surface area contributed by atoms with E-state index in [1.807, 2.05) is 0 Å². The lowest BCUT2D eigenvalue weighted by molar-refractivity contribution is -0.107. The molecule has 60 valence electrons. The van der Waals surface area contributed by atoms with Crippen LogP contribution in [0, 0.1) is 11.8 Å². The smallest absolute Gasteiger partial charge is 0.182 e. The van der Waals surface area contributed by atoms with Crippen LogP contribution in [-0.4, -0.2) is 11.3 Å². The van der Waals surface area contributed by atoms with Crippen molar-refractivity contribution in [1.29, 1.82) is 0 Å². The first-order valence-corrected chi connectivity index (χ1v) is 3.44. The Morgan fingerprint density at radius 2 is 2.42 bits per heavy atom. The maximum Gasteiger partial charge on any atom is 0.182 e. The number of hydrogen-bond donors (Lipinski definition) is 1. The first-order valence-electron chi connectivity index (χ1n) is 3.44. The Morgan fingerprint density at radius 3 is 3.08 bits per heavy atom. The molecule has 0 bridgehead atoms. The van der Waals surface area contributed by atoms with Crippen molar-refractivity contribution in [2.24, 2.45) is 0 Å². The summed E-state index contributed by atoms with van der Waals surface area (Å²) in [6, 6.07) is 2.79. The molecule has 1 aromatic heterocycles. The fourth-order valence-electron chi connectivity index (χ4n) is 0.706. The Kier molecular flexibility index (Phi) is 2.86. The van der Waals surface area contributed by atoms with Crippen LogP contribution in [0.1, 0.15) is 12.1 Å². The number of carbonyl (C=O) groups excluding carboxylic acids is 1. The van der Waals surface area contributed by atoms with Gasteiger partial charge in [0.05, 0.1) is 12.1 Å². The van der Waals surface area contributed by atoms with E-state index in [0.29, 0.717) is 12.0 Å². The lowest BCUT2D eigenvalue weighted by atomic mass is 10.3. The highest BCUT2D eigenvalue weighted by Gasteiger charge is 1.85. The van der Waals surface area contributed by atoms with E-state index < -0.39 is 0 Å². The highest BCUT2D eigenvalue weighted by atomic mass is 16.1. The molecule has 1 aromatic rings. The first-order chi connectivity index (χ1) is 5.83. The van der Waals surface area contributed by atoms with Crippen molar-refractivity contribution in [2.45, 2.75) is 6.42 Å². The van der Waals surface area contributed by atoms with Gasteiger partial charge in [0.25, 0.3) is 0 Å². The van der Waals surface area contributed by atoms with Crippen molar-refractivity contribution < 1.29 is 4.79 Å². The van der Waals surface area contributed by atoms with Crippen molar-refractivity contribution in [2.75, 3.05) is 0 Å². The molecule has 3 heteroatoms. The second kappa shape index (κ2) is 4.14. The van der Waals surface area contributed by atoms with Crippen LogP contribution in [0.4, 0.5) is 0 Å². The highest BCUT2D eigenvalue weighted by molar-refractivity contribution is 5.54. The molecule has 0 aliphatic rings. The summed E-state index contributed by atoms with van der Waals surface area (Å²) in [5.41, 5.74) is 0.438. The van der Waals surface area contributed by atoms with Crippen LogP contribution in [0.2, 0.25) is 0 Å². The number of pyridine rings is 1. The second-order valence-electron chi connectivity index (χ2n) is 2.11. The summed E-state index contributed by atoms with van der Waals surface area (Å²) < 4.78 is 0. The van der Waals surface area contributed by atoms with Crippen LogP contribution in [0.25, 0.3) is 0 Å². The molecule has 0 aliphatic heterocycles. The van der Waals surface area contributed by atoms with Crippen LogP contribution < -0.4 is 5.43 Å². The number of aromatic nitrogens is 1. The number of aromatic amines is 1. The van der Waals surface area contributed by atoms with Gasteiger partial charge in [0, 0.05) is 18.3 Å². The van der Waals surface area contributed by atoms with Gasteiger partial charge in [-0.3, -0.25) is 4.79 Å². The number of H-pyrrole nitrogens is 1. The third kappa shape index (κ3) is 2.43. The van der Waals surface area contributed by atoms with Crippen molar-refractivity contribution in [1.82, 2.24) is 4.98 Å². The zero-order valence-electron chi connectivity index (χ0n) is 6.33. The minimum atomic E-state index is -0.0934. The van der Waals surface area contributed by atoms with Gasteiger partial charge in [0.1, 0.15) is 6.29 Å². The number of rotatable bonds is 1. The summed E-state index contributed by atoms with van der Waals surface area (Å²) in [5.74, 6) is 5.24. The molecule has 3 nitrogen and oxygen atoms in total. The largest absolute Gasteiger partial charge is 0.355 e. The maximum absolute atomic E-state index is 10.8. The average Bonchev–Trinajstić information content (AvgIpc) is 2.05. The minimum Gasteiger partial charge on any atom is -0.355 e. The third-order valence-electron chi connectivity index (χ3n) is 1.18. The number of nitrogens with one attached hydrogen (secondary N) is 1. The maximum atomic E-state index is 10.8. The second-order valence-corrected chi connectivity index (χ2v) is 2.11. The summed E-state index contributed by atoms with van der Waals surface area (Å²) >= 11 is 0. The van der Waals surface area contributed by atoms with E-state index in [1.54, 1.807) is 0 Å². The molecule has 1 N–H and O–H groups in total. The molecule has 0 aliphatic carbocycles. The van der Waals surface area contributed by atoms with Crippen molar-refractivity contribution in [3.05, 3.63) is 34.2 Å². The highest BCUT2D eigenvalue weighted by Crippen LogP contribution is 1.83. The fraction of sp³-hybridized carbons (Fsp3) is 0.111. The summed E-state index contributed by atoms with van der Waals surface area (Å²) in [6.45, 7) is 0. The monoisotopic (exact) mass is 161 g/mol. The molecule has 0 amide bonds. The quantitative estimate of drug-likeness (QED) is 0.476. The lowest BCUT2D eigenvalue weighted by Gasteiger charge is -1.86. The Balaban J connectivity index is 2.84. The van der Waals surface area contributed by atoms with E-state index in [1.165, 1.54) is 18.3 Å². The van der Waals surface area contributed by atoms with Gasteiger partial charge in [-0.15, -0.1) is 0 Å². The molecule has 0 radical (unpaired) electrons. The predicted octanol–water partition coefficient (Wildman–Crippen LogP) is 0.315. The molecule has 0 saturated heterocycles. The number of carbonyl (C=O) groups is 1. The first kappa shape index (κ1) is 8.28. The summed E-state index contributed by atoms with van der Waals surface area (Å²) in [4.78, 5) is 23.4. The van der Waals surface area contributed by atoms with E-state index in [0.717, 1.165) is 0 Å². The topological polar surface area (TPSA) is 49.9 Å². The average molecular weight is 161 g/mol. The van der Waals surface area contributed by atoms with Crippen LogP contribution in [0.15, 0.2) is 23.1 Å². The molecule has 0 aromatic carbocycles. The standard InChI is InChI=1S/C9H7NO2/c11-6-2-1-3-8-7-9(12)4-5-10-8/h4-7H,2H2,(H,10,12). The van der Waals surface area contributed by atoms with Gasteiger partial charge in [0.2, 0.25) is 0 Å². The van der Waals surface area contributed by atoms with Crippen LogP contribution >= 0.6 is 0 Å². The van der Waals surface area contributed by atoms with Crippen molar-refractivity contribution >= 4 is 6.29 Å². The molecular formula is C9H7NO2. The molecule has 12 heavy (non-hydrogen) atoms. The minimum absolute atomic E-state index is 0.0934. The van der Waals surface area contributed by atoms with Crippen LogP contribution in [0.3, 0.4) is 0 Å². The Bertz CT molecular complexity index is 381. The molecule has 1 rings (SSSR count). The van der Waals surface area contributed by atoms with E-state index in [4.69, 9.17) is 0 Å². The van der Waals surface area contributed by atoms with Gasteiger partial charge in [-0.1, -0.05) is 5.92 Å². The SMILES string of the molecule is O=CCC#Cc1cc(=O)cc[nH]1. The third-order valence-corrected chi connectivity index (χ3v) is 1.18. The Morgan fingerprint density at radius 1 is 1.58 bits per heavy atom. The Hall–Kier alpha value is -1.82. The van der Waals surface area contributed by atoms with Gasteiger partial charge in [-0.25, -0.2) is 0 Å². The van der Waals surface area contributed by atoms with Crippen molar-refractivity contribution in [3.63, 3.8) is 0 Å². The van der Waals surface area contributed by atoms with E-state index in [2.05, 4.69) is 16.8 Å². The van der Waals surface area contributed by atoms with Gasteiger partial charge < -0.3 is 9.78 Å². The summed E-state index contributed by atoms with van der Waals surface area (Å²) in [7, 11) is 0. The molecule has 0 saturated carbocycles. The summed E-state index contributed by atoms with van der Waals surface area (Å²) in [6.07, 6.45) is 2.43. The van der Waals surface area contributed by atoms with Crippen LogP contribution in [-0.2, 0) is 4.79 Å². The van der Waals surface area contributed by atoms with E-state index in [-0.39, 0.29) is 11.8 Å². The van der Waals surface area contributed by atoms with Gasteiger partial charge in [0.15, 0.2) is 5.43 Å². The lowest BCUT2D eigenvalue weighted by Crippen LogP contribution is -1.97. The van der Waals surface area contributed by atoms with E-state index in [9.17, 15) is 9.59 Å².